The number of oxime groups is 1. The van der Waals surface area contributed by atoms with Crippen molar-refractivity contribution in [2.45, 2.75) is 13.5 Å². The third kappa shape index (κ3) is 3.51. The number of hydrogen-bond acceptors (Lipinski definition) is 3. The monoisotopic (exact) mass is 334 g/mol. The van der Waals surface area contributed by atoms with E-state index >= 15 is 0 Å². The number of aryl methyl sites for hydroxylation is 1. The van der Waals surface area contributed by atoms with Crippen molar-refractivity contribution < 1.29 is 9.94 Å². The number of nitrogens with zero attached hydrogens (tertiary/aromatic N) is 1. The van der Waals surface area contributed by atoms with E-state index in [0.29, 0.717) is 12.2 Å². The zero-order valence-corrected chi connectivity index (χ0v) is 12.6. The molecule has 0 aliphatic rings. The van der Waals surface area contributed by atoms with Crippen LogP contribution < -0.4 is 10.5 Å². The number of benzene rings is 2. The third-order valence-electron chi connectivity index (χ3n) is 2.86. The molecule has 0 saturated carbocycles. The number of ether oxygens (including phenoxy) is 1. The molecule has 20 heavy (non-hydrogen) atoms. The van der Waals surface area contributed by atoms with Crippen molar-refractivity contribution in [1.82, 2.24) is 0 Å². The van der Waals surface area contributed by atoms with Gasteiger partial charge in [-0.1, -0.05) is 39.3 Å². The van der Waals surface area contributed by atoms with Crippen LogP contribution in [-0.2, 0) is 6.61 Å². The molecule has 0 fully saturated rings. The van der Waals surface area contributed by atoms with Crippen LogP contribution in [0, 0.1) is 6.92 Å². The van der Waals surface area contributed by atoms with Crippen LogP contribution in [0.1, 0.15) is 16.7 Å². The van der Waals surface area contributed by atoms with Gasteiger partial charge in [-0.2, -0.15) is 0 Å². The van der Waals surface area contributed by atoms with Crippen LogP contribution in [0.2, 0.25) is 0 Å². The fourth-order valence-electron chi connectivity index (χ4n) is 1.81. The Morgan fingerprint density at radius 2 is 2.10 bits per heavy atom. The summed E-state index contributed by atoms with van der Waals surface area (Å²) in [6.07, 6.45) is 0. The van der Waals surface area contributed by atoms with Gasteiger partial charge in [-0.25, -0.2) is 0 Å². The minimum absolute atomic E-state index is 0.0895. The van der Waals surface area contributed by atoms with E-state index in [2.05, 4.69) is 21.1 Å². The Balaban J connectivity index is 2.11. The normalized spacial score (nSPS) is 11.4. The Labute approximate surface area is 126 Å². The summed E-state index contributed by atoms with van der Waals surface area (Å²) in [5.41, 5.74) is 8.25. The molecule has 0 bridgehead atoms. The second-order valence-electron chi connectivity index (χ2n) is 4.38. The lowest BCUT2D eigenvalue weighted by Gasteiger charge is -2.10. The Kier molecular flexibility index (Phi) is 4.63. The molecule has 3 N–H and O–H groups in total. The highest BCUT2D eigenvalue weighted by Crippen LogP contribution is 2.23. The number of amidine groups is 1. The van der Waals surface area contributed by atoms with E-state index < -0.39 is 0 Å². The molecule has 0 spiro atoms. The average molecular weight is 335 g/mol. The summed E-state index contributed by atoms with van der Waals surface area (Å²) in [5.74, 6) is 0.925. The topological polar surface area (TPSA) is 67.8 Å². The Hall–Kier alpha value is -2.01. The lowest BCUT2D eigenvalue weighted by Crippen LogP contribution is -2.13. The Bertz CT molecular complexity index is 642. The van der Waals surface area contributed by atoms with Crippen LogP contribution in [0.5, 0.6) is 5.75 Å². The molecule has 2 aromatic rings. The number of rotatable bonds is 4. The smallest absolute Gasteiger partial charge is 0.170 e. The summed E-state index contributed by atoms with van der Waals surface area (Å²) in [6.45, 7) is 2.42. The molecule has 4 nitrogen and oxygen atoms in total. The van der Waals surface area contributed by atoms with Crippen molar-refractivity contribution in [3.63, 3.8) is 0 Å². The first kappa shape index (κ1) is 14.4. The van der Waals surface area contributed by atoms with Crippen LogP contribution in [0.15, 0.2) is 52.1 Å². The van der Waals surface area contributed by atoms with E-state index in [9.17, 15) is 0 Å². The van der Waals surface area contributed by atoms with Gasteiger partial charge < -0.3 is 15.7 Å². The molecule has 0 heterocycles. The summed E-state index contributed by atoms with van der Waals surface area (Å²) < 4.78 is 6.81. The van der Waals surface area contributed by atoms with Crippen LogP contribution >= 0.6 is 15.9 Å². The molecule has 104 valence electrons. The maximum atomic E-state index is 8.68. The third-order valence-corrected chi connectivity index (χ3v) is 3.36. The predicted molar refractivity (Wildman–Crippen MR) is 82.2 cm³/mol. The van der Waals surface area contributed by atoms with Gasteiger partial charge in [0.2, 0.25) is 0 Å². The molecule has 0 amide bonds. The second-order valence-corrected chi connectivity index (χ2v) is 5.30. The zero-order chi connectivity index (χ0) is 14.5. The fourth-order valence-corrected chi connectivity index (χ4v) is 2.29. The molecular weight excluding hydrogens is 320 g/mol. The molecule has 0 radical (unpaired) electrons. The quantitative estimate of drug-likeness (QED) is 0.389. The van der Waals surface area contributed by atoms with Gasteiger partial charge in [-0.15, -0.1) is 0 Å². The largest absolute Gasteiger partial charge is 0.489 e. The van der Waals surface area contributed by atoms with E-state index in [1.54, 1.807) is 6.07 Å². The van der Waals surface area contributed by atoms with E-state index in [0.717, 1.165) is 21.3 Å². The van der Waals surface area contributed by atoms with Gasteiger partial charge in [0.1, 0.15) is 12.4 Å². The first-order valence-corrected chi connectivity index (χ1v) is 6.85. The summed E-state index contributed by atoms with van der Waals surface area (Å²) in [7, 11) is 0. The van der Waals surface area contributed by atoms with E-state index in [1.807, 2.05) is 43.3 Å². The summed E-state index contributed by atoms with van der Waals surface area (Å²) in [4.78, 5) is 0. The molecule has 0 aliphatic heterocycles. The Morgan fingerprint density at radius 3 is 2.80 bits per heavy atom. The van der Waals surface area contributed by atoms with Crippen LogP contribution in [0.4, 0.5) is 0 Å². The van der Waals surface area contributed by atoms with E-state index in [1.165, 1.54) is 0 Å². The predicted octanol–water partition coefficient (Wildman–Crippen LogP) is 3.43. The van der Waals surface area contributed by atoms with Gasteiger partial charge in [0, 0.05) is 10.0 Å². The lowest BCUT2D eigenvalue weighted by molar-refractivity contribution is 0.304. The highest BCUT2D eigenvalue weighted by atomic mass is 79.9. The molecule has 0 aromatic heterocycles. The van der Waals surface area contributed by atoms with Crippen molar-refractivity contribution in [2.24, 2.45) is 10.9 Å². The van der Waals surface area contributed by atoms with Crippen LogP contribution in [0.25, 0.3) is 0 Å². The van der Waals surface area contributed by atoms with Gasteiger partial charge in [0.15, 0.2) is 5.84 Å². The highest BCUT2D eigenvalue weighted by molar-refractivity contribution is 9.10. The van der Waals surface area contributed by atoms with Gasteiger partial charge in [-0.05, 0) is 42.3 Å². The fraction of sp³-hybridized carbons (Fsp3) is 0.133. The first-order chi connectivity index (χ1) is 9.60. The summed E-state index contributed by atoms with van der Waals surface area (Å²) in [6, 6.07) is 13.3. The first-order valence-electron chi connectivity index (χ1n) is 6.06. The number of halogens is 1. The van der Waals surface area contributed by atoms with Crippen LogP contribution in [-0.4, -0.2) is 11.0 Å². The molecular formula is C15H15BrN2O2. The van der Waals surface area contributed by atoms with Crippen molar-refractivity contribution in [1.29, 1.82) is 0 Å². The molecule has 0 saturated heterocycles. The van der Waals surface area contributed by atoms with E-state index in [4.69, 9.17) is 15.7 Å². The molecule has 2 rings (SSSR count). The van der Waals surface area contributed by atoms with Crippen molar-refractivity contribution >= 4 is 21.8 Å². The SMILES string of the molecule is Cc1cc(Br)ccc1OCc1cccc(C(N)=NO)c1. The van der Waals surface area contributed by atoms with Gasteiger partial charge in [-0.3, -0.25) is 0 Å². The van der Waals surface area contributed by atoms with Gasteiger partial charge >= 0.3 is 0 Å². The number of hydrogen-bond donors (Lipinski definition) is 2. The number of nitrogens with two attached hydrogens (primary N) is 1. The minimum Gasteiger partial charge on any atom is -0.489 e. The second kappa shape index (κ2) is 6.43. The maximum Gasteiger partial charge on any atom is 0.170 e. The maximum absolute atomic E-state index is 8.68. The standard InChI is InChI=1S/C15H15BrN2O2/c1-10-7-13(16)5-6-14(10)20-9-11-3-2-4-12(8-11)15(17)18-19/h2-8,19H,9H2,1H3,(H2,17,18). The van der Waals surface area contributed by atoms with E-state index in [-0.39, 0.29) is 5.84 Å². The highest BCUT2D eigenvalue weighted by Gasteiger charge is 2.03. The molecule has 0 atom stereocenters. The van der Waals surface area contributed by atoms with Crippen molar-refractivity contribution in [3.8, 4) is 5.75 Å². The Morgan fingerprint density at radius 1 is 1.30 bits per heavy atom. The zero-order valence-electron chi connectivity index (χ0n) is 11.0. The molecule has 0 unspecified atom stereocenters. The molecule has 5 heteroatoms. The molecule has 0 aliphatic carbocycles. The van der Waals surface area contributed by atoms with Gasteiger partial charge in [0.05, 0.1) is 0 Å². The summed E-state index contributed by atoms with van der Waals surface area (Å²) in [5, 5.41) is 11.7. The van der Waals surface area contributed by atoms with Crippen molar-refractivity contribution in [3.05, 3.63) is 63.6 Å². The van der Waals surface area contributed by atoms with Crippen LogP contribution in [0.3, 0.4) is 0 Å². The van der Waals surface area contributed by atoms with Gasteiger partial charge in [0.25, 0.3) is 0 Å². The lowest BCUT2D eigenvalue weighted by atomic mass is 10.1. The average Bonchev–Trinajstić information content (AvgIpc) is 2.46. The summed E-state index contributed by atoms with van der Waals surface area (Å²) >= 11 is 3.42. The molecule has 2 aromatic carbocycles. The minimum atomic E-state index is 0.0895. The van der Waals surface area contributed by atoms with Crippen molar-refractivity contribution in [2.75, 3.05) is 0 Å².